The van der Waals surface area contributed by atoms with Crippen LogP contribution in [0.4, 0.5) is 20.3 Å². The average molecular weight is 375 g/mol. The molecule has 3 aromatic rings. The molecule has 8 heteroatoms. The van der Waals surface area contributed by atoms with Crippen LogP contribution >= 0.6 is 11.6 Å². The number of rotatable bonds is 5. The molecule has 0 atom stereocenters. The van der Waals surface area contributed by atoms with Gasteiger partial charge >= 0.3 is 0 Å². The van der Waals surface area contributed by atoms with Crippen molar-refractivity contribution in [2.45, 2.75) is 6.54 Å². The summed E-state index contributed by atoms with van der Waals surface area (Å²) < 4.78 is 26.4. The van der Waals surface area contributed by atoms with Gasteiger partial charge in [0.2, 0.25) is 0 Å². The van der Waals surface area contributed by atoms with Gasteiger partial charge in [0.25, 0.3) is 5.91 Å². The highest BCUT2D eigenvalue weighted by molar-refractivity contribution is 6.30. The summed E-state index contributed by atoms with van der Waals surface area (Å²) in [4.78, 5) is 20.2. The Morgan fingerprint density at radius 3 is 2.46 bits per heavy atom. The fourth-order valence-corrected chi connectivity index (χ4v) is 2.23. The third-order valence-electron chi connectivity index (χ3n) is 3.45. The smallest absolute Gasteiger partial charge is 0.275 e. The number of nitrogens with one attached hydrogen (secondary N) is 2. The Morgan fingerprint density at radius 2 is 1.81 bits per heavy atom. The number of anilines is 2. The number of carbonyl (C=O) groups excluding carboxylic acids is 1. The van der Waals surface area contributed by atoms with E-state index in [0.717, 1.165) is 17.7 Å². The molecule has 0 bridgehead atoms. The van der Waals surface area contributed by atoms with Gasteiger partial charge in [0.15, 0.2) is 0 Å². The van der Waals surface area contributed by atoms with Crippen LogP contribution in [0, 0.1) is 11.6 Å². The summed E-state index contributed by atoms with van der Waals surface area (Å²) in [6, 6.07) is 10.2. The maximum absolute atomic E-state index is 13.6. The molecule has 0 saturated heterocycles. The number of carbonyl (C=O) groups is 1. The Labute approximate surface area is 153 Å². The fraction of sp³-hybridized carbons (Fsp3) is 0.0556. The van der Waals surface area contributed by atoms with E-state index >= 15 is 0 Å². The summed E-state index contributed by atoms with van der Waals surface area (Å²) in [5.74, 6) is -1.76. The van der Waals surface area contributed by atoms with Crippen LogP contribution in [0.3, 0.4) is 0 Å². The van der Waals surface area contributed by atoms with Crippen LogP contribution in [0.2, 0.25) is 5.02 Å². The fourth-order valence-electron chi connectivity index (χ4n) is 2.11. The molecule has 3 rings (SSSR count). The van der Waals surface area contributed by atoms with Gasteiger partial charge in [0.1, 0.15) is 23.1 Å². The maximum atomic E-state index is 13.6. The number of aromatic nitrogens is 2. The summed E-state index contributed by atoms with van der Waals surface area (Å²) in [6.07, 6.45) is 2.66. The Kier molecular flexibility index (Phi) is 5.38. The van der Waals surface area contributed by atoms with Crippen LogP contribution in [0.5, 0.6) is 0 Å². The SMILES string of the molecule is O=C(Nc1ccc(F)cc1F)c1cnc(NCc2ccc(Cl)cc2)cn1. The summed E-state index contributed by atoms with van der Waals surface area (Å²) in [5, 5.41) is 6.04. The monoisotopic (exact) mass is 374 g/mol. The van der Waals surface area contributed by atoms with Crippen molar-refractivity contribution in [3.63, 3.8) is 0 Å². The summed E-state index contributed by atoms with van der Waals surface area (Å²) in [5.41, 5.74) is 0.874. The third-order valence-corrected chi connectivity index (χ3v) is 3.70. The zero-order valence-electron chi connectivity index (χ0n) is 13.3. The second-order valence-corrected chi connectivity index (χ2v) is 5.78. The molecule has 0 radical (unpaired) electrons. The molecular weight excluding hydrogens is 362 g/mol. The molecule has 0 spiro atoms. The van der Waals surface area contributed by atoms with Crippen LogP contribution in [-0.2, 0) is 6.54 Å². The first-order valence-electron chi connectivity index (χ1n) is 7.58. The highest BCUT2D eigenvalue weighted by Crippen LogP contribution is 2.16. The normalized spacial score (nSPS) is 10.4. The Morgan fingerprint density at radius 1 is 1.04 bits per heavy atom. The van der Waals surface area contributed by atoms with Crippen LogP contribution in [0.25, 0.3) is 0 Å². The molecule has 0 aliphatic carbocycles. The van der Waals surface area contributed by atoms with Gasteiger partial charge in [-0.2, -0.15) is 0 Å². The van der Waals surface area contributed by atoms with Crippen LogP contribution in [-0.4, -0.2) is 15.9 Å². The van der Waals surface area contributed by atoms with E-state index in [4.69, 9.17) is 11.6 Å². The van der Waals surface area contributed by atoms with E-state index in [2.05, 4.69) is 20.6 Å². The molecule has 0 saturated carbocycles. The van der Waals surface area contributed by atoms with Crippen molar-refractivity contribution in [2.75, 3.05) is 10.6 Å². The minimum Gasteiger partial charge on any atom is -0.365 e. The zero-order valence-corrected chi connectivity index (χ0v) is 14.1. The van der Waals surface area contributed by atoms with E-state index in [9.17, 15) is 13.6 Å². The molecule has 5 nitrogen and oxygen atoms in total. The van der Waals surface area contributed by atoms with Gasteiger partial charge in [-0.05, 0) is 29.8 Å². The number of hydrogen-bond donors (Lipinski definition) is 2. The lowest BCUT2D eigenvalue weighted by Crippen LogP contribution is -2.15. The molecule has 2 N–H and O–H groups in total. The molecule has 26 heavy (non-hydrogen) atoms. The van der Waals surface area contributed by atoms with Crippen molar-refractivity contribution >= 4 is 29.0 Å². The molecule has 0 fully saturated rings. The first-order valence-corrected chi connectivity index (χ1v) is 7.96. The topological polar surface area (TPSA) is 66.9 Å². The van der Waals surface area contributed by atoms with E-state index in [0.29, 0.717) is 23.5 Å². The van der Waals surface area contributed by atoms with Gasteiger partial charge < -0.3 is 10.6 Å². The van der Waals surface area contributed by atoms with Crippen molar-refractivity contribution in [3.8, 4) is 0 Å². The molecule has 0 aliphatic rings. The first kappa shape index (κ1) is 17.8. The zero-order chi connectivity index (χ0) is 18.5. The number of nitrogens with zero attached hydrogens (tertiary/aromatic N) is 2. The van der Waals surface area contributed by atoms with E-state index < -0.39 is 17.5 Å². The third kappa shape index (κ3) is 4.52. The summed E-state index contributed by atoms with van der Waals surface area (Å²) in [7, 11) is 0. The predicted molar refractivity (Wildman–Crippen MR) is 95.1 cm³/mol. The maximum Gasteiger partial charge on any atom is 0.275 e. The van der Waals surface area contributed by atoms with E-state index in [1.807, 2.05) is 12.1 Å². The number of halogens is 3. The first-order chi connectivity index (χ1) is 12.5. The summed E-state index contributed by atoms with van der Waals surface area (Å²) in [6.45, 7) is 0.512. The molecule has 1 heterocycles. The van der Waals surface area contributed by atoms with Crippen molar-refractivity contribution in [1.82, 2.24) is 9.97 Å². The number of hydrogen-bond acceptors (Lipinski definition) is 4. The Hall–Kier alpha value is -3.06. The van der Waals surface area contributed by atoms with Crippen LogP contribution < -0.4 is 10.6 Å². The lowest BCUT2D eigenvalue weighted by Gasteiger charge is -2.08. The molecule has 1 aromatic heterocycles. The minimum absolute atomic E-state index is 0.00534. The van der Waals surface area contributed by atoms with Crippen molar-refractivity contribution in [2.24, 2.45) is 0 Å². The molecule has 0 aliphatic heterocycles. The van der Waals surface area contributed by atoms with Crippen molar-refractivity contribution in [1.29, 1.82) is 0 Å². The predicted octanol–water partition coefficient (Wildman–Crippen LogP) is 4.27. The highest BCUT2D eigenvalue weighted by Gasteiger charge is 2.12. The lowest BCUT2D eigenvalue weighted by atomic mass is 10.2. The summed E-state index contributed by atoms with van der Waals surface area (Å²) >= 11 is 5.83. The van der Waals surface area contributed by atoms with Crippen LogP contribution in [0.15, 0.2) is 54.9 Å². The van der Waals surface area contributed by atoms with Gasteiger partial charge in [0.05, 0.1) is 18.1 Å². The second kappa shape index (κ2) is 7.88. The standard InChI is InChI=1S/C18H13ClF2N4O/c19-12-3-1-11(2-4-12)8-23-17-10-22-16(9-24-17)18(26)25-15-6-5-13(20)7-14(15)21/h1-7,9-10H,8H2,(H,23,24)(H,25,26). The van der Waals surface area contributed by atoms with Gasteiger partial charge in [-0.25, -0.2) is 18.7 Å². The Balaban J connectivity index is 1.61. The Bertz CT molecular complexity index is 917. The number of amides is 1. The van der Waals surface area contributed by atoms with Crippen LogP contribution in [0.1, 0.15) is 16.1 Å². The molecule has 1 amide bonds. The number of benzene rings is 2. The molecular formula is C18H13ClF2N4O. The van der Waals surface area contributed by atoms with Gasteiger partial charge in [-0.15, -0.1) is 0 Å². The largest absolute Gasteiger partial charge is 0.365 e. The van der Waals surface area contributed by atoms with Crippen molar-refractivity contribution < 1.29 is 13.6 Å². The second-order valence-electron chi connectivity index (χ2n) is 5.35. The molecule has 2 aromatic carbocycles. The van der Waals surface area contributed by atoms with Gasteiger partial charge in [-0.3, -0.25) is 4.79 Å². The molecule has 0 unspecified atom stereocenters. The average Bonchev–Trinajstić information content (AvgIpc) is 2.64. The van der Waals surface area contributed by atoms with Gasteiger partial charge in [-0.1, -0.05) is 23.7 Å². The minimum atomic E-state index is -0.868. The van der Waals surface area contributed by atoms with E-state index in [1.165, 1.54) is 12.4 Å². The van der Waals surface area contributed by atoms with Gasteiger partial charge in [0, 0.05) is 17.6 Å². The van der Waals surface area contributed by atoms with E-state index in [-0.39, 0.29) is 11.4 Å². The lowest BCUT2D eigenvalue weighted by molar-refractivity contribution is 0.102. The quantitative estimate of drug-likeness (QED) is 0.699. The molecule has 132 valence electrons. The highest BCUT2D eigenvalue weighted by atomic mass is 35.5. The van der Waals surface area contributed by atoms with Crippen molar-refractivity contribution in [3.05, 3.63) is 82.8 Å². The van der Waals surface area contributed by atoms with E-state index in [1.54, 1.807) is 12.1 Å².